The third-order valence-electron chi connectivity index (χ3n) is 3.13. The molecule has 2 fully saturated rings. The first kappa shape index (κ1) is 9.21. The lowest BCUT2D eigenvalue weighted by molar-refractivity contribution is -0.0808. The molecule has 2 saturated heterocycles. The Labute approximate surface area is 87.8 Å². The van der Waals surface area contributed by atoms with Crippen molar-refractivity contribution in [3.63, 3.8) is 0 Å². The molecule has 0 aromatic heterocycles. The van der Waals surface area contributed by atoms with Crippen molar-refractivity contribution in [3.05, 3.63) is 0 Å². The second-order valence-electron chi connectivity index (χ2n) is 4.09. The molecule has 70 valence electrons. The molecule has 0 saturated carbocycles. The average Bonchev–Trinajstić information content (AvgIpc) is 2.01. The van der Waals surface area contributed by atoms with Gasteiger partial charge in [0.05, 0.1) is 4.05 Å². The maximum Gasteiger partial charge on any atom is 0.0590 e. The molecule has 2 rings (SSSR count). The van der Waals surface area contributed by atoms with Crippen molar-refractivity contribution in [2.45, 2.75) is 23.8 Å². The van der Waals surface area contributed by atoms with Gasteiger partial charge in [-0.3, -0.25) is 4.90 Å². The number of hydrogen-bond acceptors (Lipinski definition) is 2. The van der Waals surface area contributed by atoms with Crippen molar-refractivity contribution in [1.29, 1.82) is 0 Å². The second kappa shape index (κ2) is 3.42. The van der Waals surface area contributed by atoms with Gasteiger partial charge >= 0.3 is 0 Å². The lowest BCUT2D eigenvalue weighted by atomic mass is 9.73. The van der Waals surface area contributed by atoms with Gasteiger partial charge in [-0.2, -0.15) is 0 Å². The molecule has 0 aromatic rings. The van der Waals surface area contributed by atoms with E-state index in [1.165, 1.54) is 25.9 Å². The zero-order valence-corrected chi connectivity index (χ0v) is 9.71. The maximum absolute atomic E-state index is 5.38. The second-order valence-corrected chi connectivity index (χ2v) is 5.89. The van der Waals surface area contributed by atoms with Crippen LogP contribution >= 0.6 is 22.6 Å². The fraction of sp³-hybridized carbons (Fsp3) is 1.00. The molecule has 1 atom stereocenters. The molecule has 2 nitrogen and oxygen atoms in total. The minimum Gasteiger partial charge on any atom is -0.381 e. The highest BCUT2D eigenvalue weighted by atomic mass is 127. The fourth-order valence-electron chi connectivity index (χ4n) is 2.19. The summed E-state index contributed by atoms with van der Waals surface area (Å²) in [7, 11) is 0. The summed E-state index contributed by atoms with van der Waals surface area (Å²) in [5.41, 5.74) is 0.650. The number of halogens is 1. The zero-order chi connectivity index (χ0) is 8.60. The number of ether oxygens (including phenoxy) is 1. The van der Waals surface area contributed by atoms with Crippen LogP contribution in [0.1, 0.15) is 19.8 Å². The topological polar surface area (TPSA) is 12.5 Å². The molecule has 0 amide bonds. The largest absolute Gasteiger partial charge is 0.381 e. The third-order valence-corrected chi connectivity index (χ3v) is 3.92. The van der Waals surface area contributed by atoms with Crippen LogP contribution in [0.25, 0.3) is 0 Å². The standard InChI is InChI=1S/C9H16INO/c1-8(10)11-6-9(7-11)2-4-12-5-3-9/h8H,2-7H2,1H3. The van der Waals surface area contributed by atoms with Crippen LogP contribution in [-0.2, 0) is 4.74 Å². The first-order valence-electron chi connectivity index (χ1n) is 4.68. The normalized spacial score (nSPS) is 31.5. The van der Waals surface area contributed by atoms with Gasteiger partial charge in [-0.1, -0.05) is 22.6 Å². The monoisotopic (exact) mass is 281 g/mol. The molecule has 1 unspecified atom stereocenters. The van der Waals surface area contributed by atoms with Gasteiger partial charge in [-0.15, -0.1) is 0 Å². The van der Waals surface area contributed by atoms with Gasteiger partial charge in [0.2, 0.25) is 0 Å². The van der Waals surface area contributed by atoms with Crippen molar-refractivity contribution < 1.29 is 4.74 Å². The van der Waals surface area contributed by atoms with E-state index in [-0.39, 0.29) is 0 Å². The number of alkyl halides is 1. The van der Waals surface area contributed by atoms with Crippen molar-refractivity contribution in [3.8, 4) is 0 Å². The molecule has 0 bridgehead atoms. The van der Waals surface area contributed by atoms with Crippen LogP contribution in [-0.4, -0.2) is 35.3 Å². The predicted octanol–water partition coefficient (Wildman–Crippen LogP) is 1.88. The molecule has 2 aliphatic rings. The Morgan fingerprint density at radius 1 is 1.33 bits per heavy atom. The van der Waals surface area contributed by atoms with Crippen LogP contribution in [0, 0.1) is 5.41 Å². The van der Waals surface area contributed by atoms with Crippen LogP contribution in [0.5, 0.6) is 0 Å². The molecule has 12 heavy (non-hydrogen) atoms. The molecule has 0 aliphatic carbocycles. The van der Waals surface area contributed by atoms with Gasteiger partial charge < -0.3 is 4.74 Å². The van der Waals surface area contributed by atoms with Gasteiger partial charge in [-0.25, -0.2) is 0 Å². The van der Waals surface area contributed by atoms with Crippen LogP contribution in [0.4, 0.5) is 0 Å². The molecule has 0 radical (unpaired) electrons. The Morgan fingerprint density at radius 3 is 2.42 bits per heavy atom. The summed E-state index contributed by atoms with van der Waals surface area (Å²) in [6, 6.07) is 0. The van der Waals surface area contributed by atoms with Crippen LogP contribution in [0.2, 0.25) is 0 Å². The smallest absolute Gasteiger partial charge is 0.0590 e. The van der Waals surface area contributed by atoms with Gasteiger partial charge in [0, 0.05) is 31.7 Å². The number of hydrogen-bond donors (Lipinski definition) is 0. The summed E-state index contributed by atoms with van der Waals surface area (Å²) in [5, 5.41) is 0. The first-order chi connectivity index (χ1) is 5.72. The van der Waals surface area contributed by atoms with E-state index in [2.05, 4.69) is 34.4 Å². The molecule has 0 N–H and O–H groups in total. The molecule has 2 heterocycles. The van der Waals surface area contributed by atoms with Crippen LogP contribution in [0.15, 0.2) is 0 Å². The minimum atomic E-state index is 0.650. The molecule has 2 aliphatic heterocycles. The summed E-state index contributed by atoms with van der Waals surface area (Å²) in [6.07, 6.45) is 2.57. The summed E-state index contributed by atoms with van der Waals surface area (Å²) in [4.78, 5) is 2.55. The number of nitrogens with zero attached hydrogens (tertiary/aromatic N) is 1. The summed E-state index contributed by atoms with van der Waals surface area (Å²) < 4.78 is 6.08. The number of likely N-dealkylation sites (tertiary alicyclic amines) is 1. The summed E-state index contributed by atoms with van der Waals surface area (Å²) in [5.74, 6) is 0. The number of rotatable bonds is 1. The summed E-state index contributed by atoms with van der Waals surface area (Å²) in [6.45, 7) is 6.86. The summed E-state index contributed by atoms with van der Waals surface area (Å²) >= 11 is 2.49. The van der Waals surface area contributed by atoms with E-state index in [0.717, 1.165) is 13.2 Å². The van der Waals surface area contributed by atoms with Crippen LogP contribution in [0.3, 0.4) is 0 Å². The highest BCUT2D eigenvalue weighted by molar-refractivity contribution is 14.1. The third kappa shape index (κ3) is 1.63. The van der Waals surface area contributed by atoms with Gasteiger partial charge in [0.25, 0.3) is 0 Å². The zero-order valence-electron chi connectivity index (χ0n) is 7.55. The van der Waals surface area contributed by atoms with Crippen molar-refractivity contribution in [2.24, 2.45) is 5.41 Å². The molecular weight excluding hydrogens is 265 g/mol. The van der Waals surface area contributed by atoms with E-state index in [0.29, 0.717) is 9.46 Å². The van der Waals surface area contributed by atoms with Crippen molar-refractivity contribution in [2.75, 3.05) is 26.3 Å². The minimum absolute atomic E-state index is 0.650. The molecule has 1 spiro atoms. The van der Waals surface area contributed by atoms with E-state index < -0.39 is 0 Å². The molecule has 3 heteroatoms. The molecule has 0 aromatic carbocycles. The quantitative estimate of drug-likeness (QED) is 0.413. The Kier molecular flexibility index (Phi) is 2.63. The maximum atomic E-state index is 5.38. The van der Waals surface area contributed by atoms with E-state index in [9.17, 15) is 0 Å². The Hall–Kier alpha value is 0.650. The van der Waals surface area contributed by atoms with Crippen molar-refractivity contribution in [1.82, 2.24) is 4.90 Å². The fourth-order valence-corrected chi connectivity index (χ4v) is 2.58. The van der Waals surface area contributed by atoms with E-state index in [1.54, 1.807) is 0 Å². The van der Waals surface area contributed by atoms with Gasteiger partial charge in [-0.05, 0) is 19.8 Å². The van der Waals surface area contributed by atoms with Crippen LogP contribution < -0.4 is 0 Å². The SMILES string of the molecule is CC(I)N1CC2(CCOCC2)C1. The average molecular weight is 281 g/mol. The Bertz CT molecular complexity index is 158. The Morgan fingerprint density at radius 2 is 1.92 bits per heavy atom. The molecular formula is C9H16INO. The van der Waals surface area contributed by atoms with E-state index in [4.69, 9.17) is 4.74 Å². The Balaban J connectivity index is 1.84. The van der Waals surface area contributed by atoms with E-state index >= 15 is 0 Å². The van der Waals surface area contributed by atoms with E-state index in [1.807, 2.05) is 0 Å². The first-order valence-corrected chi connectivity index (χ1v) is 5.92. The lowest BCUT2D eigenvalue weighted by Crippen LogP contribution is -2.59. The highest BCUT2D eigenvalue weighted by Crippen LogP contribution is 2.41. The van der Waals surface area contributed by atoms with Gasteiger partial charge in [0.15, 0.2) is 0 Å². The highest BCUT2D eigenvalue weighted by Gasteiger charge is 2.44. The predicted molar refractivity (Wildman–Crippen MR) is 57.5 cm³/mol. The lowest BCUT2D eigenvalue weighted by Gasteiger charge is -2.53. The van der Waals surface area contributed by atoms with Gasteiger partial charge in [0.1, 0.15) is 0 Å². The van der Waals surface area contributed by atoms with Crippen molar-refractivity contribution >= 4 is 22.6 Å².